The second-order valence-electron chi connectivity index (χ2n) is 6.86. The third-order valence-electron chi connectivity index (χ3n) is 3.67. The van der Waals surface area contributed by atoms with Crippen molar-refractivity contribution >= 4 is 0 Å². The zero-order chi connectivity index (χ0) is 21.7. The van der Waals surface area contributed by atoms with E-state index in [2.05, 4.69) is 0 Å². The molecule has 0 aliphatic carbocycles. The third kappa shape index (κ3) is 20.7. The van der Waals surface area contributed by atoms with Crippen molar-refractivity contribution in [3.05, 3.63) is 0 Å². The fourth-order valence-electron chi connectivity index (χ4n) is 2.10. The van der Waals surface area contributed by atoms with Crippen LogP contribution < -0.4 is 0 Å². The Morgan fingerprint density at radius 1 is 0.448 bits per heavy atom. The van der Waals surface area contributed by atoms with Crippen molar-refractivity contribution in [2.45, 2.75) is 52.1 Å². The van der Waals surface area contributed by atoms with Gasteiger partial charge in [-0.15, -0.1) is 0 Å². The number of rotatable bonds is 22. The van der Waals surface area contributed by atoms with Crippen molar-refractivity contribution in [2.75, 3.05) is 79.3 Å². The van der Waals surface area contributed by atoms with Gasteiger partial charge in [-0.3, -0.25) is 0 Å². The van der Waals surface area contributed by atoms with Gasteiger partial charge in [-0.1, -0.05) is 0 Å². The monoisotopic (exact) mass is 426 g/mol. The van der Waals surface area contributed by atoms with E-state index in [-0.39, 0.29) is 37.6 Å². The first-order chi connectivity index (χ1) is 14.0. The van der Waals surface area contributed by atoms with E-state index < -0.39 is 0 Å². The number of hydrogen-bond acceptors (Lipinski definition) is 9. The first-order valence-corrected chi connectivity index (χ1v) is 10.4. The molecule has 0 aromatic rings. The van der Waals surface area contributed by atoms with Crippen molar-refractivity contribution in [1.82, 2.24) is 0 Å². The first kappa shape index (κ1) is 28.6. The number of ether oxygens (including phenoxy) is 7. The van der Waals surface area contributed by atoms with E-state index in [0.29, 0.717) is 66.1 Å². The van der Waals surface area contributed by atoms with Crippen LogP contribution in [0.4, 0.5) is 0 Å². The maximum Gasteiger partial charge on any atom is 0.0781 e. The molecule has 0 aromatic heterocycles. The standard InChI is InChI=1S/C20H42O9/c1-17(13-25-10-9-23-7-5-21)27-15-19(3)29-16-20(4)28-14-18(2)26-12-11-24-8-6-22/h17-22H,5-16H2,1-4H3. The number of aliphatic hydroxyl groups is 2. The van der Waals surface area contributed by atoms with Crippen LogP contribution in [-0.4, -0.2) is 114 Å². The molecule has 0 radical (unpaired) electrons. The summed E-state index contributed by atoms with van der Waals surface area (Å²) in [6.07, 6.45) is -0.166. The summed E-state index contributed by atoms with van der Waals surface area (Å²) in [5.74, 6) is 0. The highest BCUT2D eigenvalue weighted by molar-refractivity contribution is 4.57. The summed E-state index contributed by atoms with van der Waals surface area (Å²) < 4.78 is 38.5. The van der Waals surface area contributed by atoms with Crippen molar-refractivity contribution in [1.29, 1.82) is 0 Å². The van der Waals surface area contributed by atoms with Gasteiger partial charge in [-0.05, 0) is 27.7 Å². The van der Waals surface area contributed by atoms with Crippen LogP contribution in [-0.2, 0) is 33.2 Å². The van der Waals surface area contributed by atoms with Crippen molar-refractivity contribution < 1.29 is 43.4 Å². The van der Waals surface area contributed by atoms with E-state index in [9.17, 15) is 0 Å². The quantitative estimate of drug-likeness (QED) is 0.241. The molecule has 2 N–H and O–H groups in total. The van der Waals surface area contributed by atoms with Crippen molar-refractivity contribution in [2.24, 2.45) is 0 Å². The van der Waals surface area contributed by atoms with Crippen LogP contribution >= 0.6 is 0 Å². The van der Waals surface area contributed by atoms with Gasteiger partial charge < -0.3 is 43.4 Å². The van der Waals surface area contributed by atoms with Crippen LogP contribution in [0.3, 0.4) is 0 Å². The molecular formula is C20H42O9. The van der Waals surface area contributed by atoms with Gasteiger partial charge in [-0.2, -0.15) is 0 Å². The summed E-state index contributed by atoms with van der Waals surface area (Å²) in [6.45, 7) is 12.3. The molecule has 4 unspecified atom stereocenters. The lowest BCUT2D eigenvalue weighted by atomic mass is 10.3. The molecule has 0 amide bonds. The van der Waals surface area contributed by atoms with Gasteiger partial charge in [-0.25, -0.2) is 0 Å². The van der Waals surface area contributed by atoms with Gasteiger partial charge >= 0.3 is 0 Å². The Labute approximate surface area is 175 Å². The lowest BCUT2D eigenvalue weighted by molar-refractivity contribution is -0.0959. The van der Waals surface area contributed by atoms with E-state index in [1.807, 2.05) is 27.7 Å². The van der Waals surface area contributed by atoms with Crippen LogP contribution in [0.1, 0.15) is 27.7 Å². The molecule has 0 aromatic carbocycles. The highest BCUT2D eigenvalue weighted by Crippen LogP contribution is 2.02. The van der Waals surface area contributed by atoms with Crippen molar-refractivity contribution in [3.8, 4) is 0 Å². The minimum absolute atomic E-state index is 0.0217. The third-order valence-corrected chi connectivity index (χ3v) is 3.67. The molecule has 0 bridgehead atoms. The molecule has 0 saturated heterocycles. The van der Waals surface area contributed by atoms with E-state index in [4.69, 9.17) is 43.4 Å². The van der Waals surface area contributed by atoms with Gasteiger partial charge in [0, 0.05) is 0 Å². The maximum atomic E-state index is 8.62. The highest BCUT2D eigenvalue weighted by Gasteiger charge is 2.11. The first-order valence-electron chi connectivity index (χ1n) is 10.4. The number of hydrogen-bond donors (Lipinski definition) is 2. The van der Waals surface area contributed by atoms with Crippen LogP contribution in [0.25, 0.3) is 0 Å². The van der Waals surface area contributed by atoms with Gasteiger partial charge in [0.1, 0.15) is 0 Å². The molecule has 0 aliphatic rings. The Morgan fingerprint density at radius 2 is 0.828 bits per heavy atom. The smallest absolute Gasteiger partial charge is 0.0781 e. The van der Waals surface area contributed by atoms with E-state index in [0.717, 1.165) is 0 Å². The van der Waals surface area contributed by atoms with Crippen LogP contribution in [0, 0.1) is 0 Å². The molecule has 0 aliphatic heterocycles. The summed E-state index contributed by atoms with van der Waals surface area (Å²) in [5, 5.41) is 17.2. The Bertz CT molecular complexity index is 333. The van der Waals surface area contributed by atoms with E-state index >= 15 is 0 Å². The van der Waals surface area contributed by atoms with Crippen LogP contribution in [0.2, 0.25) is 0 Å². The summed E-state index contributed by atoms with van der Waals surface area (Å²) in [7, 11) is 0. The average Bonchev–Trinajstić information content (AvgIpc) is 2.71. The molecule has 9 nitrogen and oxygen atoms in total. The Balaban J connectivity index is 3.58. The van der Waals surface area contributed by atoms with Gasteiger partial charge in [0.05, 0.1) is 104 Å². The fraction of sp³-hybridized carbons (Fsp3) is 1.00. The number of aliphatic hydroxyl groups excluding tert-OH is 2. The van der Waals surface area contributed by atoms with Crippen molar-refractivity contribution in [3.63, 3.8) is 0 Å². The van der Waals surface area contributed by atoms with Gasteiger partial charge in [0.2, 0.25) is 0 Å². The molecular weight excluding hydrogens is 384 g/mol. The molecule has 0 spiro atoms. The Kier molecular flexibility index (Phi) is 20.6. The van der Waals surface area contributed by atoms with Gasteiger partial charge in [0.15, 0.2) is 0 Å². The summed E-state index contributed by atoms with van der Waals surface area (Å²) >= 11 is 0. The minimum Gasteiger partial charge on any atom is -0.394 e. The van der Waals surface area contributed by atoms with E-state index in [1.54, 1.807) is 0 Å². The molecule has 0 saturated carbocycles. The second kappa shape index (κ2) is 20.9. The zero-order valence-corrected chi connectivity index (χ0v) is 18.5. The predicted octanol–water partition coefficient (Wildman–Crippen LogP) is 0.641. The summed E-state index contributed by atoms with van der Waals surface area (Å²) in [5.41, 5.74) is 0. The zero-order valence-electron chi connectivity index (χ0n) is 18.5. The molecule has 29 heavy (non-hydrogen) atoms. The molecule has 0 heterocycles. The minimum atomic E-state index is -0.0475. The van der Waals surface area contributed by atoms with Crippen LogP contribution in [0.5, 0.6) is 0 Å². The fourth-order valence-corrected chi connectivity index (χ4v) is 2.10. The molecule has 176 valence electrons. The SMILES string of the molecule is CC(COCCOCCO)OCC(C)OCC(C)OCC(C)OCCOCCO. The Morgan fingerprint density at radius 3 is 1.31 bits per heavy atom. The summed E-state index contributed by atoms with van der Waals surface area (Å²) in [4.78, 5) is 0. The van der Waals surface area contributed by atoms with E-state index in [1.165, 1.54) is 0 Å². The maximum absolute atomic E-state index is 8.62. The second-order valence-corrected chi connectivity index (χ2v) is 6.86. The molecule has 0 fully saturated rings. The lowest BCUT2D eigenvalue weighted by Crippen LogP contribution is -2.28. The lowest BCUT2D eigenvalue weighted by Gasteiger charge is -2.21. The predicted molar refractivity (Wildman–Crippen MR) is 108 cm³/mol. The highest BCUT2D eigenvalue weighted by atomic mass is 16.6. The normalized spacial score (nSPS) is 15.9. The molecule has 0 rings (SSSR count). The Hall–Kier alpha value is -0.360. The topological polar surface area (TPSA) is 105 Å². The molecule has 9 heteroatoms. The summed E-state index contributed by atoms with van der Waals surface area (Å²) in [6, 6.07) is 0. The molecule has 4 atom stereocenters. The largest absolute Gasteiger partial charge is 0.394 e. The van der Waals surface area contributed by atoms with Crippen LogP contribution in [0.15, 0.2) is 0 Å². The van der Waals surface area contributed by atoms with Gasteiger partial charge in [0.25, 0.3) is 0 Å². The average molecular weight is 427 g/mol.